The van der Waals surface area contributed by atoms with Crippen molar-refractivity contribution in [2.24, 2.45) is 0 Å². The van der Waals surface area contributed by atoms with E-state index in [0.29, 0.717) is 16.8 Å². The average Bonchev–Trinajstić information content (AvgIpc) is 3.06. The van der Waals surface area contributed by atoms with Crippen LogP contribution in [0.15, 0.2) is 18.2 Å². The quantitative estimate of drug-likeness (QED) is 0.799. The molecule has 1 atom stereocenters. The van der Waals surface area contributed by atoms with Crippen LogP contribution in [0.25, 0.3) is 5.52 Å². The number of nitrogens with zero attached hydrogens (tertiary/aromatic N) is 2. The molecule has 0 spiro atoms. The van der Waals surface area contributed by atoms with E-state index in [1.54, 1.807) is 12.1 Å². The molecule has 2 aromatic heterocycles. The van der Waals surface area contributed by atoms with Gasteiger partial charge in [-0.2, -0.15) is 11.8 Å². The summed E-state index contributed by atoms with van der Waals surface area (Å²) in [5, 5.41) is 0.442. The lowest BCUT2D eigenvalue weighted by Gasteiger charge is -2.10. The van der Waals surface area contributed by atoms with Crippen LogP contribution in [-0.2, 0) is 4.74 Å². The monoisotopic (exact) mass is 296 g/mol. The van der Waals surface area contributed by atoms with Gasteiger partial charge in [-0.3, -0.25) is 4.40 Å². The number of carbonyl (C=O) groups excluding carboxylic acids is 1. The van der Waals surface area contributed by atoms with E-state index in [2.05, 4.69) is 4.98 Å². The maximum atomic E-state index is 11.9. The van der Waals surface area contributed by atoms with Gasteiger partial charge < -0.3 is 4.74 Å². The summed E-state index contributed by atoms with van der Waals surface area (Å²) in [6.07, 6.45) is 1.07. The normalized spacial score (nSPS) is 18.9. The van der Waals surface area contributed by atoms with Crippen LogP contribution in [0.4, 0.5) is 0 Å². The number of halogens is 1. The number of fused-ring (bicyclic) bond motifs is 1. The van der Waals surface area contributed by atoms with Gasteiger partial charge in [0.2, 0.25) is 0 Å². The number of esters is 1. The van der Waals surface area contributed by atoms with Gasteiger partial charge in [0.05, 0.1) is 12.6 Å². The predicted octanol–water partition coefficient (Wildman–Crippen LogP) is 2.99. The zero-order valence-corrected chi connectivity index (χ0v) is 12.0. The van der Waals surface area contributed by atoms with Gasteiger partial charge in [0.1, 0.15) is 11.5 Å². The second-order valence-electron chi connectivity index (χ2n) is 4.44. The van der Waals surface area contributed by atoms with Crippen molar-refractivity contribution in [2.75, 3.05) is 18.6 Å². The first-order valence-electron chi connectivity index (χ1n) is 6.05. The van der Waals surface area contributed by atoms with E-state index in [0.717, 1.165) is 29.3 Å². The van der Waals surface area contributed by atoms with E-state index in [1.165, 1.54) is 7.11 Å². The van der Waals surface area contributed by atoms with Crippen LogP contribution in [0.3, 0.4) is 0 Å². The molecule has 19 heavy (non-hydrogen) atoms. The Morgan fingerprint density at radius 2 is 2.42 bits per heavy atom. The van der Waals surface area contributed by atoms with Gasteiger partial charge in [-0.05, 0) is 24.3 Å². The number of hydrogen-bond donors (Lipinski definition) is 0. The summed E-state index contributed by atoms with van der Waals surface area (Å²) in [7, 11) is 1.38. The molecule has 0 aromatic carbocycles. The zero-order chi connectivity index (χ0) is 13.4. The smallest absolute Gasteiger partial charge is 0.355 e. The van der Waals surface area contributed by atoms with Crippen molar-refractivity contribution in [3.05, 3.63) is 34.9 Å². The van der Waals surface area contributed by atoms with Crippen LogP contribution in [0.5, 0.6) is 0 Å². The zero-order valence-electron chi connectivity index (χ0n) is 10.4. The summed E-state index contributed by atoms with van der Waals surface area (Å²) in [4.78, 5) is 16.3. The number of imidazole rings is 1. The Hall–Kier alpha value is -1.20. The Balaban J connectivity index is 2.24. The van der Waals surface area contributed by atoms with Crippen LogP contribution in [0.1, 0.15) is 28.7 Å². The van der Waals surface area contributed by atoms with E-state index >= 15 is 0 Å². The molecule has 0 amide bonds. The molecule has 1 fully saturated rings. The highest BCUT2D eigenvalue weighted by Crippen LogP contribution is 2.34. The molecule has 1 saturated heterocycles. The SMILES string of the molecule is COC(=O)c1cccc2c(Cl)nc(C3CCSC3)n12. The fraction of sp³-hybridized carbons (Fsp3) is 0.385. The minimum atomic E-state index is -0.369. The number of ether oxygens (including phenoxy) is 1. The largest absolute Gasteiger partial charge is 0.464 e. The molecule has 0 N–H and O–H groups in total. The van der Waals surface area contributed by atoms with Gasteiger partial charge >= 0.3 is 5.97 Å². The molecule has 3 rings (SSSR count). The highest BCUT2D eigenvalue weighted by molar-refractivity contribution is 7.99. The average molecular weight is 297 g/mol. The Kier molecular flexibility index (Phi) is 3.41. The highest BCUT2D eigenvalue weighted by Gasteiger charge is 2.26. The van der Waals surface area contributed by atoms with Crippen molar-refractivity contribution in [1.29, 1.82) is 0 Å². The van der Waals surface area contributed by atoms with Gasteiger partial charge in [0.25, 0.3) is 0 Å². The minimum absolute atomic E-state index is 0.343. The van der Waals surface area contributed by atoms with Crippen molar-refractivity contribution in [3.63, 3.8) is 0 Å². The molecule has 3 heterocycles. The lowest BCUT2D eigenvalue weighted by atomic mass is 10.1. The molecule has 2 aromatic rings. The molecule has 1 aliphatic rings. The number of aromatic nitrogens is 2. The minimum Gasteiger partial charge on any atom is -0.464 e. The maximum absolute atomic E-state index is 11.9. The fourth-order valence-corrected chi connectivity index (χ4v) is 3.85. The predicted molar refractivity (Wildman–Crippen MR) is 76.2 cm³/mol. The van der Waals surface area contributed by atoms with Gasteiger partial charge in [0.15, 0.2) is 5.15 Å². The fourth-order valence-electron chi connectivity index (χ4n) is 2.40. The molecule has 1 unspecified atom stereocenters. The third-order valence-electron chi connectivity index (χ3n) is 3.33. The van der Waals surface area contributed by atoms with E-state index < -0.39 is 0 Å². The van der Waals surface area contributed by atoms with E-state index in [4.69, 9.17) is 16.3 Å². The van der Waals surface area contributed by atoms with Crippen LogP contribution in [0, 0.1) is 0 Å². The summed E-state index contributed by atoms with van der Waals surface area (Å²) in [5.74, 6) is 2.98. The molecule has 100 valence electrons. The van der Waals surface area contributed by atoms with Crippen LogP contribution < -0.4 is 0 Å². The topological polar surface area (TPSA) is 43.6 Å². The summed E-state index contributed by atoms with van der Waals surface area (Å²) in [5.41, 5.74) is 1.24. The Morgan fingerprint density at radius 1 is 1.58 bits per heavy atom. The number of rotatable bonds is 2. The molecule has 0 radical (unpaired) electrons. The summed E-state index contributed by atoms with van der Waals surface area (Å²) >= 11 is 8.09. The molecular weight excluding hydrogens is 284 g/mol. The van der Waals surface area contributed by atoms with Gasteiger partial charge in [0, 0.05) is 11.7 Å². The standard InChI is InChI=1S/C13H13ClN2O2S/c1-18-13(17)10-4-2-3-9-11(14)15-12(16(9)10)8-5-6-19-7-8/h2-4,8H,5-7H2,1H3. The first-order chi connectivity index (χ1) is 9.22. The molecule has 0 bridgehead atoms. The molecule has 0 aliphatic carbocycles. The first kappa shape index (κ1) is 12.8. The van der Waals surface area contributed by atoms with Gasteiger partial charge in [-0.25, -0.2) is 9.78 Å². The molecule has 6 heteroatoms. The summed E-state index contributed by atoms with van der Waals surface area (Å²) < 4.78 is 6.67. The third kappa shape index (κ3) is 2.11. The van der Waals surface area contributed by atoms with Crippen LogP contribution >= 0.6 is 23.4 Å². The van der Waals surface area contributed by atoms with Gasteiger partial charge in [-0.15, -0.1) is 0 Å². The summed E-state index contributed by atoms with van der Waals surface area (Å²) in [6, 6.07) is 5.40. The second-order valence-corrected chi connectivity index (χ2v) is 5.95. The van der Waals surface area contributed by atoms with Crippen LogP contribution in [0.2, 0.25) is 5.15 Å². The molecule has 0 saturated carbocycles. The van der Waals surface area contributed by atoms with Crippen molar-refractivity contribution >= 4 is 34.8 Å². The van der Waals surface area contributed by atoms with E-state index in [1.807, 2.05) is 22.2 Å². The van der Waals surface area contributed by atoms with E-state index in [9.17, 15) is 4.79 Å². The first-order valence-corrected chi connectivity index (χ1v) is 7.58. The molecule has 4 nitrogen and oxygen atoms in total. The number of hydrogen-bond acceptors (Lipinski definition) is 4. The van der Waals surface area contributed by atoms with Crippen molar-refractivity contribution < 1.29 is 9.53 Å². The Bertz CT molecular complexity index is 635. The lowest BCUT2D eigenvalue weighted by Crippen LogP contribution is -2.12. The second kappa shape index (κ2) is 5.06. The molecule has 1 aliphatic heterocycles. The van der Waals surface area contributed by atoms with Crippen molar-refractivity contribution in [3.8, 4) is 0 Å². The number of carbonyl (C=O) groups is 1. The number of thioether (sulfide) groups is 1. The molecular formula is C13H13ClN2O2S. The maximum Gasteiger partial charge on any atom is 0.355 e. The third-order valence-corrected chi connectivity index (χ3v) is 4.77. The van der Waals surface area contributed by atoms with E-state index in [-0.39, 0.29) is 5.97 Å². The van der Waals surface area contributed by atoms with Gasteiger partial charge in [-0.1, -0.05) is 17.7 Å². The summed E-state index contributed by atoms with van der Waals surface area (Å²) in [6.45, 7) is 0. The van der Waals surface area contributed by atoms with Crippen LogP contribution in [-0.4, -0.2) is 34.0 Å². The van der Waals surface area contributed by atoms with Crippen molar-refractivity contribution in [2.45, 2.75) is 12.3 Å². The highest BCUT2D eigenvalue weighted by atomic mass is 35.5. The Labute approximate surface area is 120 Å². The van der Waals surface area contributed by atoms with Crippen molar-refractivity contribution in [1.82, 2.24) is 9.38 Å². The number of pyridine rings is 1. The Morgan fingerprint density at radius 3 is 3.11 bits per heavy atom. The lowest BCUT2D eigenvalue weighted by molar-refractivity contribution is 0.0592. The number of methoxy groups -OCH3 is 1.